The van der Waals surface area contributed by atoms with Gasteiger partial charge < -0.3 is 4.74 Å². The monoisotopic (exact) mass is 306 g/mol. The minimum absolute atomic E-state index is 0.401. The van der Waals surface area contributed by atoms with Gasteiger partial charge in [0.25, 0.3) is 0 Å². The van der Waals surface area contributed by atoms with Gasteiger partial charge >= 0.3 is 0 Å². The zero-order chi connectivity index (χ0) is 16.0. The SMILES string of the molecule is Cc1cc2c(c3c1C(c1ccc(C(C)C)cc1)CO3)CCCC2. The van der Waals surface area contributed by atoms with Crippen molar-refractivity contribution in [3.63, 3.8) is 0 Å². The van der Waals surface area contributed by atoms with Crippen molar-refractivity contribution in [3.8, 4) is 5.75 Å². The van der Waals surface area contributed by atoms with Gasteiger partial charge in [-0.25, -0.2) is 0 Å². The molecule has 0 N–H and O–H groups in total. The smallest absolute Gasteiger partial charge is 0.127 e. The fourth-order valence-corrected chi connectivity index (χ4v) is 4.25. The number of ether oxygens (including phenoxy) is 1. The highest BCUT2D eigenvalue weighted by molar-refractivity contribution is 5.57. The Morgan fingerprint density at radius 3 is 2.52 bits per heavy atom. The molecule has 1 heterocycles. The molecule has 0 bridgehead atoms. The molecule has 23 heavy (non-hydrogen) atoms. The van der Waals surface area contributed by atoms with Gasteiger partial charge in [-0.3, -0.25) is 0 Å². The first-order chi connectivity index (χ1) is 11.1. The minimum Gasteiger partial charge on any atom is -0.492 e. The van der Waals surface area contributed by atoms with E-state index < -0.39 is 0 Å². The maximum atomic E-state index is 6.22. The zero-order valence-corrected chi connectivity index (χ0v) is 14.5. The van der Waals surface area contributed by atoms with E-state index in [0.29, 0.717) is 11.8 Å². The molecule has 2 aromatic carbocycles. The molecule has 0 saturated carbocycles. The molecule has 2 aliphatic rings. The average molecular weight is 306 g/mol. The molecule has 0 spiro atoms. The lowest BCUT2D eigenvalue weighted by molar-refractivity contribution is 0.338. The molecule has 0 aromatic heterocycles. The Hall–Kier alpha value is -1.76. The molecule has 1 aliphatic heterocycles. The standard InChI is InChI=1S/C22H26O/c1-14(2)16-8-10-17(11-9-16)20-13-23-22-19-7-5-4-6-18(19)12-15(3)21(20)22/h8-12,14,20H,4-7,13H2,1-3H3. The van der Waals surface area contributed by atoms with Crippen LogP contribution in [0.4, 0.5) is 0 Å². The van der Waals surface area contributed by atoms with Crippen LogP contribution in [-0.2, 0) is 12.8 Å². The van der Waals surface area contributed by atoms with Crippen molar-refractivity contribution in [1.29, 1.82) is 0 Å². The van der Waals surface area contributed by atoms with Crippen molar-refractivity contribution >= 4 is 0 Å². The Balaban J connectivity index is 1.75. The van der Waals surface area contributed by atoms with Crippen LogP contribution in [0.1, 0.15) is 71.9 Å². The summed E-state index contributed by atoms with van der Waals surface area (Å²) in [7, 11) is 0. The fraction of sp³-hybridized carbons (Fsp3) is 0.455. The summed E-state index contributed by atoms with van der Waals surface area (Å²) in [6.07, 6.45) is 5.04. The van der Waals surface area contributed by atoms with E-state index in [1.165, 1.54) is 64.8 Å². The number of hydrogen-bond donors (Lipinski definition) is 0. The third-order valence-corrected chi connectivity index (χ3v) is 5.59. The number of rotatable bonds is 2. The summed E-state index contributed by atoms with van der Waals surface area (Å²) >= 11 is 0. The van der Waals surface area contributed by atoms with Crippen LogP contribution in [0.15, 0.2) is 30.3 Å². The van der Waals surface area contributed by atoms with Crippen LogP contribution >= 0.6 is 0 Å². The predicted octanol–water partition coefficient (Wildman–Crippen LogP) is 5.52. The van der Waals surface area contributed by atoms with Gasteiger partial charge in [0.2, 0.25) is 0 Å². The van der Waals surface area contributed by atoms with E-state index in [2.05, 4.69) is 51.1 Å². The predicted molar refractivity (Wildman–Crippen MR) is 95.7 cm³/mol. The Morgan fingerprint density at radius 1 is 1.04 bits per heavy atom. The quantitative estimate of drug-likeness (QED) is 0.709. The Morgan fingerprint density at radius 2 is 1.78 bits per heavy atom. The Kier molecular flexibility index (Phi) is 3.67. The van der Waals surface area contributed by atoms with Gasteiger partial charge in [0, 0.05) is 11.5 Å². The van der Waals surface area contributed by atoms with Crippen LogP contribution in [-0.4, -0.2) is 6.61 Å². The Bertz CT molecular complexity index is 725. The third-order valence-electron chi connectivity index (χ3n) is 5.59. The summed E-state index contributed by atoms with van der Waals surface area (Å²) in [6, 6.07) is 11.6. The second-order valence-corrected chi connectivity index (χ2v) is 7.47. The first-order valence-electron chi connectivity index (χ1n) is 9.03. The van der Waals surface area contributed by atoms with E-state index in [1.807, 2.05) is 0 Å². The van der Waals surface area contributed by atoms with Crippen molar-refractivity contribution < 1.29 is 4.74 Å². The van der Waals surface area contributed by atoms with E-state index in [9.17, 15) is 0 Å². The summed E-state index contributed by atoms with van der Waals surface area (Å²) in [4.78, 5) is 0. The zero-order valence-electron chi connectivity index (χ0n) is 14.5. The number of hydrogen-bond acceptors (Lipinski definition) is 1. The van der Waals surface area contributed by atoms with Gasteiger partial charge in [-0.05, 0) is 66.3 Å². The molecule has 1 nitrogen and oxygen atoms in total. The van der Waals surface area contributed by atoms with E-state index >= 15 is 0 Å². The molecule has 1 unspecified atom stereocenters. The molecular weight excluding hydrogens is 280 g/mol. The van der Waals surface area contributed by atoms with Crippen LogP contribution in [0.5, 0.6) is 5.75 Å². The van der Waals surface area contributed by atoms with Crippen molar-refractivity contribution in [1.82, 2.24) is 0 Å². The molecule has 1 aliphatic carbocycles. The van der Waals surface area contributed by atoms with Crippen molar-refractivity contribution in [3.05, 3.63) is 63.7 Å². The van der Waals surface area contributed by atoms with Crippen LogP contribution in [0.25, 0.3) is 0 Å². The lowest BCUT2D eigenvalue weighted by Crippen LogP contribution is -2.06. The summed E-state index contributed by atoms with van der Waals surface area (Å²) < 4.78 is 6.22. The molecular formula is C22H26O. The maximum Gasteiger partial charge on any atom is 0.127 e. The highest BCUT2D eigenvalue weighted by Gasteiger charge is 2.31. The third kappa shape index (κ3) is 2.47. The molecule has 120 valence electrons. The molecule has 1 atom stereocenters. The van der Waals surface area contributed by atoms with E-state index in [4.69, 9.17) is 4.74 Å². The summed E-state index contributed by atoms with van der Waals surface area (Å²) in [5, 5.41) is 0. The second-order valence-electron chi connectivity index (χ2n) is 7.47. The summed E-state index contributed by atoms with van der Waals surface area (Å²) in [5.41, 5.74) is 8.70. The van der Waals surface area contributed by atoms with Gasteiger partial charge in [0.15, 0.2) is 0 Å². The van der Waals surface area contributed by atoms with Gasteiger partial charge in [-0.15, -0.1) is 0 Å². The molecule has 2 aromatic rings. The normalized spacial score (nSPS) is 19.4. The molecule has 0 saturated heterocycles. The minimum atomic E-state index is 0.401. The van der Waals surface area contributed by atoms with Gasteiger partial charge in [-0.1, -0.05) is 44.2 Å². The van der Waals surface area contributed by atoms with Crippen LogP contribution in [0.3, 0.4) is 0 Å². The van der Waals surface area contributed by atoms with E-state index in [1.54, 1.807) is 0 Å². The second kappa shape index (κ2) is 5.70. The number of fused-ring (bicyclic) bond motifs is 3. The van der Waals surface area contributed by atoms with Crippen LogP contribution in [0, 0.1) is 6.92 Å². The van der Waals surface area contributed by atoms with Crippen molar-refractivity contribution in [2.75, 3.05) is 6.61 Å². The number of benzene rings is 2. The molecule has 0 radical (unpaired) electrons. The van der Waals surface area contributed by atoms with Crippen LogP contribution < -0.4 is 4.74 Å². The topological polar surface area (TPSA) is 9.23 Å². The van der Waals surface area contributed by atoms with E-state index in [0.717, 1.165) is 6.61 Å². The molecule has 0 fully saturated rings. The summed E-state index contributed by atoms with van der Waals surface area (Å²) in [5.74, 6) is 2.21. The van der Waals surface area contributed by atoms with Gasteiger partial charge in [-0.2, -0.15) is 0 Å². The van der Waals surface area contributed by atoms with Crippen molar-refractivity contribution in [2.45, 2.75) is 58.3 Å². The number of aryl methyl sites for hydroxylation is 2. The van der Waals surface area contributed by atoms with Crippen molar-refractivity contribution in [2.24, 2.45) is 0 Å². The Labute approximate surface area is 139 Å². The highest BCUT2D eigenvalue weighted by Crippen LogP contribution is 2.45. The highest BCUT2D eigenvalue weighted by atomic mass is 16.5. The van der Waals surface area contributed by atoms with Gasteiger partial charge in [0.1, 0.15) is 5.75 Å². The maximum absolute atomic E-state index is 6.22. The first kappa shape index (κ1) is 14.8. The molecule has 1 heteroatoms. The molecule has 0 amide bonds. The fourth-order valence-electron chi connectivity index (χ4n) is 4.25. The first-order valence-corrected chi connectivity index (χ1v) is 9.03. The van der Waals surface area contributed by atoms with Crippen LogP contribution in [0.2, 0.25) is 0 Å². The lowest BCUT2D eigenvalue weighted by Gasteiger charge is -2.21. The van der Waals surface area contributed by atoms with Gasteiger partial charge in [0.05, 0.1) is 6.61 Å². The summed E-state index contributed by atoms with van der Waals surface area (Å²) in [6.45, 7) is 7.56. The average Bonchev–Trinajstić information content (AvgIpc) is 3.01. The van der Waals surface area contributed by atoms with E-state index in [-0.39, 0.29) is 0 Å². The molecule has 4 rings (SSSR count). The largest absolute Gasteiger partial charge is 0.492 e. The lowest BCUT2D eigenvalue weighted by atomic mass is 9.83.